The van der Waals surface area contributed by atoms with Crippen molar-refractivity contribution in [2.24, 2.45) is 4.99 Å². The topological polar surface area (TPSA) is 67.8 Å². The molecule has 142 valence electrons. The lowest BCUT2D eigenvalue weighted by Gasteiger charge is -2.12. The molecule has 2 N–H and O–H groups in total. The van der Waals surface area contributed by atoms with Crippen LogP contribution in [0.1, 0.15) is 29.6 Å². The summed E-state index contributed by atoms with van der Waals surface area (Å²) in [7, 11) is 1.67. The molecule has 2 aromatic rings. The molecule has 0 aliphatic carbocycles. The van der Waals surface area contributed by atoms with E-state index in [2.05, 4.69) is 26.0 Å². The van der Waals surface area contributed by atoms with Crippen LogP contribution in [0, 0.1) is 6.92 Å². The number of thiazole rings is 1. The Hall–Kier alpha value is -2.12. The fourth-order valence-electron chi connectivity index (χ4n) is 2.26. The maximum Gasteiger partial charge on any atom is 0.191 e. The lowest BCUT2D eigenvalue weighted by molar-refractivity contribution is 0.145. The van der Waals surface area contributed by atoms with E-state index in [1.54, 1.807) is 18.4 Å². The molecule has 6 nitrogen and oxygen atoms in total. The average Bonchev–Trinajstić information content (AvgIpc) is 3.08. The van der Waals surface area contributed by atoms with Crippen LogP contribution in [0.5, 0.6) is 5.75 Å². The largest absolute Gasteiger partial charge is 0.497 e. The third-order valence-electron chi connectivity index (χ3n) is 3.64. The van der Waals surface area contributed by atoms with Gasteiger partial charge in [-0.05, 0) is 38.0 Å². The Morgan fingerprint density at radius 1 is 1.23 bits per heavy atom. The van der Waals surface area contributed by atoms with Crippen LogP contribution in [0.15, 0.2) is 34.6 Å². The summed E-state index contributed by atoms with van der Waals surface area (Å²) >= 11 is 1.66. The Kier molecular flexibility index (Phi) is 8.92. The van der Waals surface area contributed by atoms with E-state index >= 15 is 0 Å². The number of ether oxygens (including phenoxy) is 2. The van der Waals surface area contributed by atoms with Crippen LogP contribution in [-0.2, 0) is 17.8 Å². The van der Waals surface area contributed by atoms with E-state index in [4.69, 9.17) is 9.47 Å². The Bertz CT molecular complexity index is 670. The molecule has 26 heavy (non-hydrogen) atoms. The fraction of sp³-hybridized carbons (Fsp3) is 0.474. The van der Waals surface area contributed by atoms with Crippen molar-refractivity contribution in [1.29, 1.82) is 0 Å². The molecule has 2 rings (SSSR count). The number of methoxy groups -OCH3 is 1. The summed E-state index contributed by atoms with van der Waals surface area (Å²) in [5.74, 6) is 1.63. The monoisotopic (exact) mass is 376 g/mol. The first-order chi connectivity index (χ1) is 12.7. The number of hydrogen-bond acceptors (Lipinski definition) is 5. The van der Waals surface area contributed by atoms with Gasteiger partial charge in [0.1, 0.15) is 5.75 Å². The van der Waals surface area contributed by atoms with Crippen molar-refractivity contribution < 1.29 is 9.47 Å². The van der Waals surface area contributed by atoms with Gasteiger partial charge in [-0.1, -0.05) is 12.1 Å². The van der Waals surface area contributed by atoms with Gasteiger partial charge in [0.15, 0.2) is 5.96 Å². The molecule has 0 bridgehead atoms. The second-order valence-electron chi connectivity index (χ2n) is 5.70. The first kappa shape index (κ1) is 20.2. The van der Waals surface area contributed by atoms with Crippen LogP contribution >= 0.6 is 11.3 Å². The zero-order valence-electron chi connectivity index (χ0n) is 15.7. The smallest absolute Gasteiger partial charge is 0.191 e. The van der Waals surface area contributed by atoms with E-state index < -0.39 is 0 Å². The number of nitrogens with zero attached hydrogens (tertiary/aromatic N) is 2. The molecule has 1 aromatic carbocycles. The average molecular weight is 377 g/mol. The number of rotatable bonds is 10. The van der Waals surface area contributed by atoms with Gasteiger partial charge < -0.3 is 20.1 Å². The highest BCUT2D eigenvalue weighted by molar-refractivity contribution is 7.09. The number of hydrogen-bond donors (Lipinski definition) is 2. The fourth-order valence-corrected chi connectivity index (χ4v) is 2.88. The van der Waals surface area contributed by atoms with Gasteiger partial charge >= 0.3 is 0 Å². The standard InChI is InChI=1S/C19H28N4O2S/c1-4-25-11-5-10-20-19(22-13-17-14-26-15(2)23-17)21-12-16-6-8-18(24-3)9-7-16/h6-9,14H,4-5,10-13H2,1-3H3,(H2,20,21,22). The summed E-state index contributed by atoms with van der Waals surface area (Å²) in [6, 6.07) is 7.95. The number of aromatic nitrogens is 1. The summed E-state index contributed by atoms with van der Waals surface area (Å²) in [6.07, 6.45) is 0.937. The highest BCUT2D eigenvalue weighted by atomic mass is 32.1. The van der Waals surface area contributed by atoms with Gasteiger partial charge in [0.2, 0.25) is 0 Å². The van der Waals surface area contributed by atoms with Gasteiger partial charge in [-0.2, -0.15) is 0 Å². The van der Waals surface area contributed by atoms with Crippen molar-refractivity contribution in [3.05, 3.63) is 45.9 Å². The van der Waals surface area contributed by atoms with E-state index in [1.807, 2.05) is 38.1 Å². The molecule has 0 saturated carbocycles. The van der Waals surface area contributed by atoms with Crippen LogP contribution in [0.4, 0.5) is 0 Å². The van der Waals surface area contributed by atoms with Crippen molar-refractivity contribution in [1.82, 2.24) is 15.6 Å². The van der Waals surface area contributed by atoms with E-state index in [-0.39, 0.29) is 0 Å². The minimum Gasteiger partial charge on any atom is -0.497 e. The molecule has 0 radical (unpaired) electrons. The van der Waals surface area contributed by atoms with E-state index in [9.17, 15) is 0 Å². The summed E-state index contributed by atoms with van der Waals surface area (Å²) < 4.78 is 10.6. The second kappa shape index (κ2) is 11.5. The van der Waals surface area contributed by atoms with E-state index in [0.717, 1.165) is 54.2 Å². The van der Waals surface area contributed by atoms with Gasteiger partial charge in [-0.25, -0.2) is 9.98 Å². The van der Waals surface area contributed by atoms with E-state index in [0.29, 0.717) is 13.1 Å². The third-order valence-corrected chi connectivity index (χ3v) is 4.47. The lowest BCUT2D eigenvalue weighted by atomic mass is 10.2. The van der Waals surface area contributed by atoms with Crippen molar-refractivity contribution in [2.45, 2.75) is 33.4 Å². The van der Waals surface area contributed by atoms with Crippen LogP contribution < -0.4 is 15.4 Å². The van der Waals surface area contributed by atoms with Crippen molar-refractivity contribution in [3.8, 4) is 5.75 Å². The molecule has 0 saturated heterocycles. The van der Waals surface area contributed by atoms with Crippen molar-refractivity contribution in [2.75, 3.05) is 26.9 Å². The molecular formula is C19H28N4O2S. The van der Waals surface area contributed by atoms with Gasteiger partial charge in [-0.15, -0.1) is 11.3 Å². The van der Waals surface area contributed by atoms with Crippen LogP contribution in [0.25, 0.3) is 0 Å². The minimum absolute atomic E-state index is 0.598. The van der Waals surface area contributed by atoms with Crippen LogP contribution in [0.3, 0.4) is 0 Å². The first-order valence-electron chi connectivity index (χ1n) is 8.85. The molecule has 0 amide bonds. The van der Waals surface area contributed by atoms with Gasteiger partial charge in [0.25, 0.3) is 0 Å². The van der Waals surface area contributed by atoms with Crippen LogP contribution in [0.2, 0.25) is 0 Å². The van der Waals surface area contributed by atoms with Crippen molar-refractivity contribution >= 4 is 17.3 Å². The van der Waals surface area contributed by atoms with E-state index in [1.165, 1.54) is 0 Å². The molecule has 0 atom stereocenters. The highest BCUT2D eigenvalue weighted by Crippen LogP contribution is 2.12. The predicted molar refractivity (Wildman–Crippen MR) is 107 cm³/mol. The molecule has 0 unspecified atom stereocenters. The minimum atomic E-state index is 0.598. The summed E-state index contributed by atoms with van der Waals surface area (Å²) in [6.45, 7) is 7.58. The van der Waals surface area contributed by atoms with Crippen LogP contribution in [-0.4, -0.2) is 37.8 Å². The highest BCUT2D eigenvalue weighted by Gasteiger charge is 2.02. The zero-order chi connectivity index (χ0) is 18.6. The molecule has 0 fully saturated rings. The predicted octanol–water partition coefficient (Wildman–Crippen LogP) is 3.12. The number of nitrogens with one attached hydrogen (secondary N) is 2. The Morgan fingerprint density at radius 2 is 2.04 bits per heavy atom. The molecule has 0 aliphatic heterocycles. The zero-order valence-corrected chi connectivity index (χ0v) is 16.6. The van der Waals surface area contributed by atoms with Gasteiger partial charge in [-0.3, -0.25) is 0 Å². The lowest BCUT2D eigenvalue weighted by Crippen LogP contribution is -2.38. The SMILES string of the molecule is CCOCCCNC(=NCc1ccc(OC)cc1)NCc1csc(C)n1. The summed E-state index contributed by atoms with van der Waals surface area (Å²) in [5.41, 5.74) is 2.16. The second-order valence-corrected chi connectivity index (χ2v) is 6.76. The van der Waals surface area contributed by atoms with Crippen molar-refractivity contribution in [3.63, 3.8) is 0 Å². The molecular weight excluding hydrogens is 348 g/mol. The molecule has 1 heterocycles. The maximum atomic E-state index is 5.38. The number of benzene rings is 1. The van der Waals surface area contributed by atoms with Gasteiger partial charge in [0, 0.05) is 25.1 Å². The molecule has 0 spiro atoms. The van der Waals surface area contributed by atoms with Gasteiger partial charge in [0.05, 0.1) is 30.9 Å². The number of aryl methyl sites for hydroxylation is 1. The molecule has 1 aromatic heterocycles. The number of guanidine groups is 1. The Morgan fingerprint density at radius 3 is 2.69 bits per heavy atom. The Balaban J connectivity index is 1.90. The third kappa shape index (κ3) is 7.41. The summed E-state index contributed by atoms with van der Waals surface area (Å²) in [4.78, 5) is 9.16. The Labute approximate surface area is 159 Å². The first-order valence-corrected chi connectivity index (χ1v) is 9.73. The molecule has 0 aliphatic rings. The normalized spacial score (nSPS) is 11.4. The number of aliphatic imine (C=N–C) groups is 1. The quantitative estimate of drug-likeness (QED) is 0.379. The summed E-state index contributed by atoms with van der Waals surface area (Å²) in [5, 5.41) is 9.85. The molecule has 7 heteroatoms. The maximum absolute atomic E-state index is 5.38.